The minimum absolute atomic E-state index is 0.172. The summed E-state index contributed by atoms with van der Waals surface area (Å²) in [6.45, 7) is 12.7. The molecule has 0 N–H and O–H groups in total. The smallest absolute Gasteiger partial charge is 0.164 e. The predicted molar refractivity (Wildman–Crippen MR) is 93.9 cm³/mol. The first-order valence-electron chi connectivity index (χ1n) is 7.91. The number of hydrogen-bond acceptors (Lipinski definition) is 2. The van der Waals surface area contributed by atoms with E-state index in [2.05, 4.69) is 55.8 Å². The van der Waals surface area contributed by atoms with Crippen molar-refractivity contribution in [1.29, 1.82) is 0 Å². The van der Waals surface area contributed by atoms with Crippen molar-refractivity contribution in [3.8, 4) is 0 Å². The standard InChI is InChI=1S/C18H31BrO2/c1-14(8-7-9-15(2)12-13-19)10-11-16-17(3,4)21-18(5,6)20-16/h8,12,16H,7,9-11,13H2,1-6H3/b14-8+,15-12+/t16-/m1/s1. The summed E-state index contributed by atoms with van der Waals surface area (Å²) in [5.74, 6) is -0.455. The molecule has 3 heteroatoms. The topological polar surface area (TPSA) is 18.5 Å². The molecule has 0 spiro atoms. The van der Waals surface area contributed by atoms with Crippen molar-refractivity contribution < 1.29 is 9.47 Å². The Morgan fingerprint density at radius 3 is 2.19 bits per heavy atom. The third kappa shape index (κ3) is 6.66. The van der Waals surface area contributed by atoms with Crippen LogP contribution in [0.2, 0.25) is 0 Å². The molecule has 2 nitrogen and oxygen atoms in total. The van der Waals surface area contributed by atoms with Crippen molar-refractivity contribution in [2.24, 2.45) is 0 Å². The lowest BCUT2D eigenvalue weighted by Crippen LogP contribution is -2.33. The molecular formula is C18H31BrO2. The number of rotatable bonds is 7. The Hall–Kier alpha value is -0.120. The Morgan fingerprint density at radius 1 is 1.05 bits per heavy atom. The molecule has 0 bridgehead atoms. The Morgan fingerprint density at radius 2 is 1.67 bits per heavy atom. The van der Waals surface area contributed by atoms with Crippen LogP contribution in [-0.4, -0.2) is 22.8 Å². The van der Waals surface area contributed by atoms with E-state index in [1.54, 1.807) is 0 Å². The van der Waals surface area contributed by atoms with Gasteiger partial charge in [0.05, 0.1) is 11.7 Å². The van der Waals surface area contributed by atoms with E-state index in [0.717, 1.165) is 31.0 Å². The van der Waals surface area contributed by atoms with E-state index >= 15 is 0 Å². The van der Waals surface area contributed by atoms with Gasteiger partial charge < -0.3 is 9.47 Å². The molecule has 1 heterocycles. The maximum atomic E-state index is 6.03. The van der Waals surface area contributed by atoms with Gasteiger partial charge in [-0.25, -0.2) is 0 Å². The van der Waals surface area contributed by atoms with Gasteiger partial charge in [0, 0.05) is 5.33 Å². The quantitative estimate of drug-likeness (QED) is 0.425. The van der Waals surface area contributed by atoms with Crippen LogP contribution in [0, 0.1) is 0 Å². The minimum atomic E-state index is -0.455. The van der Waals surface area contributed by atoms with E-state index in [1.807, 2.05) is 13.8 Å². The molecule has 1 saturated heterocycles. The SMILES string of the molecule is C/C(=C\CBr)CC/C=C(\C)CC[C@H]1OC(C)(C)OC1(C)C. The molecule has 1 atom stereocenters. The zero-order chi connectivity index (χ0) is 16.1. The maximum Gasteiger partial charge on any atom is 0.164 e. The molecule has 0 aromatic carbocycles. The fraction of sp³-hybridized carbons (Fsp3) is 0.778. The van der Waals surface area contributed by atoms with Crippen molar-refractivity contribution in [2.45, 2.75) is 84.7 Å². The average Bonchev–Trinajstić information content (AvgIpc) is 2.54. The Labute approximate surface area is 139 Å². The summed E-state index contributed by atoms with van der Waals surface area (Å²) >= 11 is 3.44. The molecule has 1 aliphatic heterocycles. The predicted octanol–water partition coefficient (Wildman–Crippen LogP) is 5.76. The highest BCUT2D eigenvalue weighted by Crippen LogP contribution is 2.38. The molecule has 0 aromatic rings. The normalized spacial score (nSPS) is 25.4. The minimum Gasteiger partial charge on any atom is -0.344 e. The number of ether oxygens (including phenoxy) is 2. The van der Waals surface area contributed by atoms with Crippen molar-refractivity contribution in [3.63, 3.8) is 0 Å². The lowest BCUT2D eigenvalue weighted by molar-refractivity contribution is -0.157. The summed E-state index contributed by atoms with van der Waals surface area (Å²) < 4.78 is 12.0. The van der Waals surface area contributed by atoms with E-state index in [1.165, 1.54) is 11.1 Å². The second-order valence-electron chi connectivity index (χ2n) is 7.04. The number of halogens is 1. The lowest BCUT2D eigenvalue weighted by atomic mass is 9.95. The van der Waals surface area contributed by atoms with Gasteiger partial charge in [-0.15, -0.1) is 0 Å². The summed E-state index contributed by atoms with van der Waals surface area (Å²) in [5, 5.41) is 0.950. The monoisotopic (exact) mass is 358 g/mol. The maximum absolute atomic E-state index is 6.03. The van der Waals surface area contributed by atoms with Gasteiger partial charge in [-0.3, -0.25) is 0 Å². The highest BCUT2D eigenvalue weighted by Gasteiger charge is 2.46. The zero-order valence-electron chi connectivity index (χ0n) is 14.5. The molecule has 0 radical (unpaired) electrons. The largest absolute Gasteiger partial charge is 0.344 e. The molecule has 21 heavy (non-hydrogen) atoms. The molecule has 0 aromatic heterocycles. The summed E-state index contributed by atoms with van der Waals surface area (Å²) in [6.07, 6.45) is 9.13. The first-order valence-corrected chi connectivity index (χ1v) is 9.03. The molecular weight excluding hydrogens is 328 g/mol. The van der Waals surface area contributed by atoms with Crippen molar-refractivity contribution >= 4 is 15.9 Å². The van der Waals surface area contributed by atoms with Gasteiger partial charge in [0.1, 0.15) is 0 Å². The zero-order valence-corrected chi connectivity index (χ0v) is 16.0. The van der Waals surface area contributed by atoms with E-state index < -0.39 is 5.79 Å². The summed E-state index contributed by atoms with van der Waals surface area (Å²) in [7, 11) is 0. The molecule has 0 aliphatic carbocycles. The summed E-state index contributed by atoms with van der Waals surface area (Å²) in [4.78, 5) is 0. The number of allylic oxidation sites excluding steroid dienone is 4. The second kappa shape index (κ2) is 7.94. The Balaban J connectivity index is 2.39. The third-order valence-electron chi connectivity index (χ3n) is 3.97. The number of hydrogen-bond donors (Lipinski definition) is 0. The molecule has 1 rings (SSSR count). The first kappa shape index (κ1) is 18.9. The van der Waals surface area contributed by atoms with Crippen molar-refractivity contribution in [3.05, 3.63) is 23.3 Å². The third-order valence-corrected chi connectivity index (χ3v) is 4.29. The van der Waals surface area contributed by atoms with E-state index in [9.17, 15) is 0 Å². The van der Waals surface area contributed by atoms with Gasteiger partial charge >= 0.3 is 0 Å². The van der Waals surface area contributed by atoms with E-state index in [4.69, 9.17) is 9.47 Å². The van der Waals surface area contributed by atoms with Crippen LogP contribution in [0.5, 0.6) is 0 Å². The molecule has 0 amide bonds. The summed E-state index contributed by atoms with van der Waals surface area (Å²) in [6, 6.07) is 0. The van der Waals surface area contributed by atoms with Crippen LogP contribution < -0.4 is 0 Å². The highest BCUT2D eigenvalue weighted by atomic mass is 79.9. The van der Waals surface area contributed by atoms with Gasteiger partial charge in [0.25, 0.3) is 0 Å². The highest BCUT2D eigenvalue weighted by molar-refractivity contribution is 9.09. The fourth-order valence-electron chi connectivity index (χ4n) is 2.86. The van der Waals surface area contributed by atoms with Crippen molar-refractivity contribution in [1.82, 2.24) is 0 Å². The second-order valence-corrected chi connectivity index (χ2v) is 7.69. The van der Waals surface area contributed by atoms with Crippen molar-refractivity contribution in [2.75, 3.05) is 5.33 Å². The van der Waals surface area contributed by atoms with Gasteiger partial charge in [-0.05, 0) is 67.2 Å². The number of alkyl halides is 1. The molecule has 1 aliphatic rings. The Kier molecular flexibility index (Phi) is 7.15. The molecule has 1 fully saturated rings. The lowest BCUT2D eigenvalue weighted by Gasteiger charge is -2.24. The average molecular weight is 359 g/mol. The molecule has 0 saturated carbocycles. The Bertz CT molecular complexity index is 394. The van der Waals surface area contributed by atoms with Crippen LogP contribution in [0.1, 0.15) is 67.2 Å². The van der Waals surface area contributed by atoms with Gasteiger partial charge in [-0.1, -0.05) is 39.2 Å². The van der Waals surface area contributed by atoms with Gasteiger partial charge in [0.15, 0.2) is 5.79 Å². The van der Waals surface area contributed by atoms with Crippen LogP contribution in [0.15, 0.2) is 23.3 Å². The van der Waals surface area contributed by atoms with Crippen LogP contribution in [-0.2, 0) is 9.47 Å². The summed E-state index contributed by atoms with van der Waals surface area (Å²) in [5.41, 5.74) is 2.70. The van der Waals surface area contributed by atoms with E-state index in [0.29, 0.717) is 0 Å². The first-order chi connectivity index (χ1) is 9.66. The molecule has 122 valence electrons. The van der Waals surface area contributed by atoms with E-state index in [-0.39, 0.29) is 11.7 Å². The van der Waals surface area contributed by atoms with Crippen LogP contribution in [0.4, 0.5) is 0 Å². The van der Waals surface area contributed by atoms with Crippen LogP contribution >= 0.6 is 15.9 Å². The molecule has 0 unspecified atom stereocenters. The van der Waals surface area contributed by atoms with Gasteiger partial charge in [0.2, 0.25) is 0 Å². The fourth-order valence-corrected chi connectivity index (χ4v) is 3.41. The van der Waals surface area contributed by atoms with Gasteiger partial charge in [-0.2, -0.15) is 0 Å². The van der Waals surface area contributed by atoms with Crippen LogP contribution in [0.25, 0.3) is 0 Å². The van der Waals surface area contributed by atoms with Crippen LogP contribution in [0.3, 0.4) is 0 Å².